The lowest BCUT2D eigenvalue weighted by atomic mass is 9.95. The van der Waals surface area contributed by atoms with Gasteiger partial charge in [0, 0.05) is 4.91 Å². The Labute approximate surface area is 224 Å². The molecular weight excluding hydrogens is 498 g/mol. The molecule has 0 aromatic rings. The lowest BCUT2D eigenvalue weighted by Gasteiger charge is -2.30. The molecule has 1 aliphatic heterocycles. The van der Waals surface area contributed by atoms with Gasteiger partial charge in [-0.15, -0.1) is 0 Å². The minimum absolute atomic E-state index is 0.422. The predicted octanol–water partition coefficient (Wildman–Crippen LogP) is 4.48. The van der Waals surface area contributed by atoms with Crippen molar-refractivity contribution in [2.45, 2.75) is 114 Å². The molecule has 1 heterocycles. The predicted molar refractivity (Wildman–Crippen MR) is 136 cm³/mol. The van der Waals surface area contributed by atoms with Crippen LogP contribution >= 0.6 is 0 Å². The van der Waals surface area contributed by atoms with Crippen molar-refractivity contribution in [2.75, 3.05) is 6.61 Å². The van der Waals surface area contributed by atoms with Crippen molar-refractivity contribution in [1.29, 1.82) is 0 Å². The number of ether oxygens (including phenoxy) is 5. The number of nitrogens with zero attached hydrogens (tertiary/aromatic N) is 3. The molecule has 12 heteroatoms. The first-order valence-corrected chi connectivity index (χ1v) is 12.5. The molecule has 1 fully saturated rings. The second kappa shape index (κ2) is 11.9. The van der Waals surface area contributed by atoms with Gasteiger partial charge in [0.1, 0.15) is 18.8 Å². The van der Waals surface area contributed by atoms with Crippen LogP contribution in [0.2, 0.25) is 0 Å². The van der Waals surface area contributed by atoms with E-state index in [1.54, 1.807) is 83.1 Å². The van der Waals surface area contributed by atoms with Crippen molar-refractivity contribution in [1.82, 2.24) is 0 Å². The Morgan fingerprint density at radius 2 is 1.11 bits per heavy atom. The molecule has 0 bridgehead atoms. The fourth-order valence-electron chi connectivity index (χ4n) is 2.83. The van der Waals surface area contributed by atoms with Gasteiger partial charge in [0.2, 0.25) is 12.4 Å². The first-order chi connectivity index (χ1) is 17.0. The summed E-state index contributed by atoms with van der Waals surface area (Å²) in [5.41, 5.74) is 5.54. The minimum Gasteiger partial charge on any atom is -0.465 e. The first-order valence-electron chi connectivity index (χ1n) is 12.5. The van der Waals surface area contributed by atoms with Gasteiger partial charge in [0.25, 0.3) is 0 Å². The Morgan fingerprint density at radius 3 is 1.50 bits per heavy atom. The van der Waals surface area contributed by atoms with Gasteiger partial charge in [0.05, 0.1) is 21.7 Å². The largest absolute Gasteiger partial charge is 0.465 e. The quantitative estimate of drug-likeness (QED) is 0.148. The average molecular weight is 542 g/mol. The van der Waals surface area contributed by atoms with Crippen molar-refractivity contribution in [2.24, 2.45) is 26.8 Å². The monoisotopic (exact) mass is 541 g/mol. The fraction of sp³-hybridized carbons (Fsp3) is 0.846. The lowest BCUT2D eigenvalue weighted by Crippen LogP contribution is -2.48. The average Bonchev–Trinajstić information content (AvgIpc) is 3.04. The van der Waals surface area contributed by atoms with E-state index in [0.29, 0.717) is 0 Å². The maximum absolute atomic E-state index is 12.9. The van der Waals surface area contributed by atoms with Crippen molar-refractivity contribution in [3.63, 3.8) is 0 Å². The van der Waals surface area contributed by atoms with Crippen LogP contribution in [0.4, 0.5) is 0 Å². The Kier molecular flexibility index (Phi) is 10.4. The summed E-state index contributed by atoms with van der Waals surface area (Å²) >= 11 is 0. The van der Waals surface area contributed by atoms with Crippen LogP contribution in [-0.4, -0.2) is 61.1 Å². The van der Waals surface area contributed by atoms with E-state index in [9.17, 15) is 24.7 Å². The highest BCUT2D eigenvalue weighted by Crippen LogP contribution is 2.35. The van der Waals surface area contributed by atoms with Crippen molar-refractivity contribution in [3.05, 3.63) is 10.4 Å². The van der Waals surface area contributed by atoms with Gasteiger partial charge >= 0.3 is 23.9 Å². The molecule has 0 aliphatic carbocycles. The van der Waals surface area contributed by atoms with E-state index in [1.807, 2.05) is 0 Å². The number of carbonyl (C=O) groups is 4. The SMILES string of the molecule is CC(C)(C)C(=O)OCC(N=[N+]=[N-])[C@@H]1O[C@@H](OC(=O)C(C)(C)C)C(OC(=O)C(C)(C)C)[C@H]1OC(=O)C(C)(C)C. The number of azide groups is 1. The molecule has 216 valence electrons. The van der Waals surface area contributed by atoms with E-state index in [0.717, 1.165) is 0 Å². The zero-order valence-electron chi connectivity index (χ0n) is 24.6. The molecule has 2 unspecified atom stereocenters. The van der Waals surface area contributed by atoms with Crippen LogP contribution in [0.1, 0.15) is 83.1 Å². The zero-order valence-corrected chi connectivity index (χ0v) is 24.6. The van der Waals surface area contributed by atoms with Crippen LogP contribution in [0.15, 0.2) is 5.11 Å². The van der Waals surface area contributed by atoms with E-state index >= 15 is 0 Å². The highest BCUT2D eigenvalue weighted by molar-refractivity contribution is 5.78. The summed E-state index contributed by atoms with van der Waals surface area (Å²) in [7, 11) is 0. The van der Waals surface area contributed by atoms with Gasteiger partial charge in [-0.25, -0.2) is 0 Å². The summed E-state index contributed by atoms with van der Waals surface area (Å²) < 4.78 is 28.3. The Morgan fingerprint density at radius 1 is 0.711 bits per heavy atom. The smallest absolute Gasteiger partial charge is 0.313 e. The molecular formula is C26H43N3O9. The maximum atomic E-state index is 12.9. The van der Waals surface area contributed by atoms with Crippen LogP contribution in [0.5, 0.6) is 0 Å². The van der Waals surface area contributed by atoms with Crippen LogP contribution in [-0.2, 0) is 42.9 Å². The lowest BCUT2D eigenvalue weighted by molar-refractivity contribution is -0.207. The molecule has 1 aliphatic rings. The Balaban J connectivity index is 3.57. The third-order valence-corrected chi connectivity index (χ3v) is 5.33. The van der Waals surface area contributed by atoms with Crippen LogP contribution in [0, 0.1) is 21.7 Å². The van der Waals surface area contributed by atoms with Crippen LogP contribution < -0.4 is 0 Å². The summed E-state index contributed by atoms with van der Waals surface area (Å²) in [6, 6.07) is -1.21. The second-order valence-electron chi connectivity index (χ2n) is 13.5. The molecule has 1 saturated heterocycles. The molecule has 1 rings (SSSR count). The minimum atomic E-state index is -1.49. The molecule has 0 saturated carbocycles. The maximum Gasteiger partial charge on any atom is 0.313 e. The normalized spacial score (nSPS) is 23.1. The Hall–Kier alpha value is -2.85. The van der Waals surface area contributed by atoms with E-state index in [4.69, 9.17) is 23.7 Å². The number of esters is 4. The summed E-state index contributed by atoms with van der Waals surface area (Å²) in [6.45, 7) is 19.2. The number of rotatable bonds is 7. The first kappa shape index (κ1) is 33.2. The molecule has 0 N–H and O–H groups in total. The molecule has 0 aromatic carbocycles. The molecule has 0 amide bonds. The summed E-state index contributed by atoms with van der Waals surface area (Å²) in [6.07, 6.45) is -5.51. The highest BCUT2D eigenvalue weighted by atomic mass is 16.7. The van der Waals surface area contributed by atoms with Gasteiger partial charge in [-0.1, -0.05) is 5.11 Å². The second-order valence-corrected chi connectivity index (χ2v) is 13.5. The van der Waals surface area contributed by atoms with Gasteiger partial charge in [-0.05, 0) is 88.6 Å². The van der Waals surface area contributed by atoms with Crippen molar-refractivity contribution < 1.29 is 42.9 Å². The van der Waals surface area contributed by atoms with Gasteiger partial charge in [0.15, 0.2) is 6.10 Å². The highest BCUT2D eigenvalue weighted by Gasteiger charge is 2.56. The number of carbonyl (C=O) groups excluding carboxylic acids is 4. The van der Waals surface area contributed by atoms with E-state index in [1.165, 1.54) is 0 Å². The van der Waals surface area contributed by atoms with E-state index in [-0.39, 0.29) is 0 Å². The third kappa shape index (κ3) is 9.16. The van der Waals surface area contributed by atoms with Gasteiger partial charge in [-0.2, -0.15) is 0 Å². The standard InChI is InChI=1S/C26H43N3O9/c1-23(2,3)19(30)34-13-14(28-29-27)15-16(36-20(31)24(4,5)6)17(37-21(32)25(7,8)9)18(35-15)38-22(33)26(10,11)12/h14-18H,13H2,1-12H3/t14?,15-,16-,17?,18-/m0/s1. The number of hydrogen-bond acceptors (Lipinski definition) is 10. The summed E-state index contributed by atoms with van der Waals surface area (Å²) in [4.78, 5) is 53.8. The van der Waals surface area contributed by atoms with Crippen LogP contribution in [0.3, 0.4) is 0 Å². The van der Waals surface area contributed by atoms with E-state index < -0.39 is 82.8 Å². The topological polar surface area (TPSA) is 163 Å². The molecule has 12 nitrogen and oxygen atoms in total. The molecule has 38 heavy (non-hydrogen) atoms. The van der Waals surface area contributed by atoms with Gasteiger partial charge in [-0.3, -0.25) is 19.2 Å². The van der Waals surface area contributed by atoms with Crippen molar-refractivity contribution >= 4 is 23.9 Å². The fourth-order valence-corrected chi connectivity index (χ4v) is 2.83. The summed E-state index contributed by atoms with van der Waals surface area (Å²) in [5.74, 6) is -2.56. The molecule has 5 atom stereocenters. The molecule has 0 radical (unpaired) electrons. The zero-order chi connectivity index (χ0) is 29.9. The Bertz CT molecular complexity index is 945. The van der Waals surface area contributed by atoms with Crippen molar-refractivity contribution in [3.8, 4) is 0 Å². The summed E-state index contributed by atoms with van der Waals surface area (Å²) in [5, 5.41) is 3.71. The molecule has 0 spiro atoms. The molecule has 0 aromatic heterocycles. The third-order valence-electron chi connectivity index (χ3n) is 5.33. The number of hydrogen-bond donors (Lipinski definition) is 0. The van der Waals surface area contributed by atoms with Gasteiger partial charge < -0.3 is 23.7 Å². The van der Waals surface area contributed by atoms with E-state index in [2.05, 4.69) is 10.0 Å². The van der Waals surface area contributed by atoms with Crippen LogP contribution in [0.25, 0.3) is 10.4 Å².